The Morgan fingerprint density at radius 1 is 1.33 bits per heavy atom. The number of hydrogen-bond donors (Lipinski definition) is 3. The van der Waals surface area contributed by atoms with Gasteiger partial charge in [-0.2, -0.15) is 0 Å². The smallest absolute Gasteiger partial charge is 0.221 e. The molecular formula is C18H26N4O2. The van der Waals surface area contributed by atoms with Crippen molar-refractivity contribution < 1.29 is 9.53 Å². The monoisotopic (exact) mass is 330 g/mol. The lowest BCUT2D eigenvalue weighted by Crippen LogP contribution is -2.41. The molecule has 2 unspecified atom stereocenters. The van der Waals surface area contributed by atoms with Crippen LogP contribution in [0.1, 0.15) is 18.5 Å². The zero-order valence-electron chi connectivity index (χ0n) is 14.3. The molecule has 3 N–H and O–H groups in total. The molecule has 0 aliphatic carbocycles. The molecule has 2 heterocycles. The minimum atomic E-state index is 0.0872. The fourth-order valence-corrected chi connectivity index (χ4v) is 3.33. The van der Waals surface area contributed by atoms with Gasteiger partial charge >= 0.3 is 0 Å². The van der Waals surface area contributed by atoms with Crippen molar-refractivity contribution in [2.75, 3.05) is 20.3 Å². The van der Waals surface area contributed by atoms with Gasteiger partial charge in [0.05, 0.1) is 6.61 Å². The van der Waals surface area contributed by atoms with Crippen LogP contribution in [-0.4, -0.2) is 42.8 Å². The Morgan fingerprint density at radius 3 is 2.96 bits per heavy atom. The molecule has 1 aromatic carbocycles. The molecule has 2 aromatic rings. The highest BCUT2D eigenvalue weighted by molar-refractivity contribution is 5.81. The normalized spacial score (nSPS) is 20.6. The van der Waals surface area contributed by atoms with Crippen LogP contribution in [-0.2, 0) is 16.1 Å². The Morgan fingerprint density at radius 2 is 2.12 bits per heavy atom. The van der Waals surface area contributed by atoms with Crippen molar-refractivity contribution in [1.82, 2.24) is 20.7 Å². The lowest BCUT2D eigenvalue weighted by molar-refractivity contribution is -0.121. The van der Waals surface area contributed by atoms with E-state index in [2.05, 4.69) is 45.9 Å². The molecule has 3 rings (SSSR count). The number of aromatic nitrogens is 1. The second kappa shape index (κ2) is 7.79. The first-order valence-corrected chi connectivity index (χ1v) is 8.49. The van der Waals surface area contributed by atoms with Crippen LogP contribution in [0, 0.1) is 6.92 Å². The molecule has 0 radical (unpaired) electrons. The average molecular weight is 330 g/mol. The van der Waals surface area contributed by atoms with Gasteiger partial charge in [-0.25, -0.2) is 0 Å². The van der Waals surface area contributed by atoms with E-state index >= 15 is 0 Å². The molecule has 0 spiro atoms. The number of rotatable bonds is 7. The number of aryl methyl sites for hydroxylation is 2. The van der Waals surface area contributed by atoms with Crippen molar-refractivity contribution in [3.63, 3.8) is 0 Å². The number of carbonyl (C=O) groups is 1. The molecule has 24 heavy (non-hydrogen) atoms. The number of para-hydroxylation sites is 1. The standard InChI is InChI=1S/C18H26N4O2/c1-13-9-14-5-3-4-6-17(14)22(13)8-7-18(23)19-11-15-10-16(12-24-2)21-20-15/h3-6,9,15-16,20-21H,7-8,10-12H2,1-2H3,(H,19,23). The number of fused-ring (bicyclic) bond motifs is 1. The Bertz CT molecular complexity index is 697. The summed E-state index contributed by atoms with van der Waals surface area (Å²) in [5.74, 6) is 0.0872. The van der Waals surface area contributed by atoms with Gasteiger partial charge < -0.3 is 14.6 Å². The maximum Gasteiger partial charge on any atom is 0.221 e. The van der Waals surface area contributed by atoms with E-state index < -0.39 is 0 Å². The molecule has 1 fully saturated rings. The average Bonchev–Trinajstić information content (AvgIpc) is 3.15. The summed E-state index contributed by atoms with van der Waals surface area (Å²) in [6.45, 7) is 4.10. The topological polar surface area (TPSA) is 67.3 Å². The predicted molar refractivity (Wildman–Crippen MR) is 94.6 cm³/mol. The molecule has 6 nitrogen and oxygen atoms in total. The minimum absolute atomic E-state index is 0.0872. The highest BCUT2D eigenvalue weighted by atomic mass is 16.5. The lowest BCUT2D eigenvalue weighted by atomic mass is 10.1. The molecule has 6 heteroatoms. The third-order valence-corrected chi connectivity index (χ3v) is 4.55. The second-order valence-corrected chi connectivity index (χ2v) is 6.42. The largest absolute Gasteiger partial charge is 0.383 e. The van der Waals surface area contributed by atoms with Crippen LogP contribution in [0.2, 0.25) is 0 Å². The van der Waals surface area contributed by atoms with Crippen LogP contribution in [0.3, 0.4) is 0 Å². The van der Waals surface area contributed by atoms with Crippen LogP contribution < -0.4 is 16.2 Å². The number of benzene rings is 1. The zero-order valence-corrected chi connectivity index (χ0v) is 14.3. The van der Waals surface area contributed by atoms with Gasteiger partial charge in [0.15, 0.2) is 0 Å². The first-order chi connectivity index (χ1) is 11.7. The van der Waals surface area contributed by atoms with E-state index in [9.17, 15) is 4.79 Å². The number of methoxy groups -OCH3 is 1. The van der Waals surface area contributed by atoms with Crippen LogP contribution in [0.4, 0.5) is 0 Å². The molecule has 1 aliphatic rings. The molecule has 130 valence electrons. The van der Waals surface area contributed by atoms with Gasteiger partial charge in [0.1, 0.15) is 0 Å². The van der Waals surface area contributed by atoms with E-state index in [4.69, 9.17) is 4.74 Å². The van der Waals surface area contributed by atoms with Gasteiger partial charge in [0.2, 0.25) is 5.91 Å². The summed E-state index contributed by atoms with van der Waals surface area (Å²) in [5, 5.41) is 4.24. The van der Waals surface area contributed by atoms with E-state index in [-0.39, 0.29) is 11.9 Å². The fraction of sp³-hybridized carbons (Fsp3) is 0.500. The first kappa shape index (κ1) is 17.0. The van der Waals surface area contributed by atoms with Crippen molar-refractivity contribution in [3.05, 3.63) is 36.0 Å². The van der Waals surface area contributed by atoms with E-state index in [0.717, 1.165) is 6.42 Å². The number of carbonyl (C=O) groups excluding carboxylic acids is 1. The van der Waals surface area contributed by atoms with E-state index in [1.54, 1.807) is 7.11 Å². The Hall–Kier alpha value is -1.89. The lowest BCUT2D eigenvalue weighted by Gasteiger charge is -2.12. The Kier molecular flexibility index (Phi) is 5.50. The summed E-state index contributed by atoms with van der Waals surface area (Å²) in [6.07, 6.45) is 1.44. The van der Waals surface area contributed by atoms with Crippen molar-refractivity contribution >= 4 is 16.8 Å². The molecule has 1 aliphatic heterocycles. The van der Waals surface area contributed by atoms with Crippen molar-refractivity contribution in [2.45, 2.75) is 38.4 Å². The molecule has 2 atom stereocenters. The highest BCUT2D eigenvalue weighted by Crippen LogP contribution is 2.19. The van der Waals surface area contributed by atoms with Crippen LogP contribution >= 0.6 is 0 Å². The highest BCUT2D eigenvalue weighted by Gasteiger charge is 2.23. The summed E-state index contributed by atoms with van der Waals surface area (Å²) in [7, 11) is 1.70. The van der Waals surface area contributed by atoms with Crippen molar-refractivity contribution in [1.29, 1.82) is 0 Å². The van der Waals surface area contributed by atoms with E-state index in [1.165, 1.54) is 16.6 Å². The number of ether oxygens (including phenoxy) is 1. The Balaban J connectivity index is 1.46. The fourth-order valence-electron chi connectivity index (χ4n) is 3.33. The molecule has 0 saturated carbocycles. The second-order valence-electron chi connectivity index (χ2n) is 6.42. The number of amides is 1. The number of nitrogens with zero attached hydrogens (tertiary/aromatic N) is 1. The number of hydrazine groups is 1. The minimum Gasteiger partial charge on any atom is -0.383 e. The summed E-state index contributed by atoms with van der Waals surface area (Å²) in [6, 6.07) is 11.0. The SMILES string of the molecule is COCC1CC(CNC(=O)CCn2c(C)cc3ccccc32)NN1. The van der Waals surface area contributed by atoms with Crippen molar-refractivity contribution in [2.24, 2.45) is 0 Å². The van der Waals surface area contributed by atoms with Gasteiger partial charge in [-0.05, 0) is 30.9 Å². The van der Waals surface area contributed by atoms with Crippen LogP contribution in [0.5, 0.6) is 0 Å². The molecule has 1 aromatic heterocycles. The quantitative estimate of drug-likeness (QED) is 0.717. The van der Waals surface area contributed by atoms with E-state index in [1.807, 2.05) is 12.1 Å². The third kappa shape index (κ3) is 3.95. The molecular weight excluding hydrogens is 304 g/mol. The van der Waals surface area contributed by atoms with Crippen LogP contribution in [0.15, 0.2) is 30.3 Å². The number of nitrogens with one attached hydrogen (secondary N) is 3. The maximum atomic E-state index is 12.2. The summed E-state index contributed by atoms with van der Waals surface area (Å²) < 4.78 is 7.34. The Labute approximate surface area is 142 Å². The summed E-state index contributed by atoms with van der Waals surface area (Å²) in [5.41, 5.74) is 8.76. The summed E-state index contributed by atoms with van der Waals surface area (Å²) >= 11 is 0. The van der Waals surface area contributed by atoms with Gasteiger partial charge in [0.25, 0.3) is 0 Å². The summed E-state index contributed by atoms with van der Waals surface area (Å²) in [4.78, 5) is 12.2. The zero-order chi connectivity index (χ0) is 16.9. The first-order valence-electron chi connectivity index (χ1n) is 8.49. The van der Waals surface area contributed by atoms with Crippen molar-refractivity contribution in [3.8, 4) is 0 Å². The third-order valence-electron chi connectivity index (χ3n) is 4.55. The predicted octanol–water partition coefficient (Wildman–Crippen LogP) is 1.34. The van der Waals surface area contributed by atoms with E-state index in [0.29, 0.717) is 32.2 Å². The molecule has 1 amide bonds. The number of hydrogen-bond acceptors (Lipinski definition) is 4. The molecule has 1 saturated heterocycles. The maximum absolute atomic E-state index is 12.2. The van der Waals surface area contributed by atoms with Gasteiger partial charge in [-0.15, -0.1) is 0 Å². The van der Waals surface area contributed by atoms with Gasteiger partial charge in [-0.1, -0.05) is 18.2 Å². The van der Waals surface area contributed by atoms with Gasteiger partial charge in [-0.3, -0.25) is 15.6 Å². The molecule has 0 bridgehead atoms. The van der Waals surface area contributed by atoms with Gasteiger partial charge in [0, 0.05) is 49.9 Å². The van der Waals surface area contributed by atoms with Crippen LogP contribution in [0.25, 0.3) is 10.9 Å².